The van der Waals surface area contributed by atoms with Crippen molar-refractivity contribution in [3.63, 3.8) is 0 Å². The van der Waals surface area contributed by atoms with E-state index in [1.807, 2.05) is 13.1 Å². The number of thiazole rings is 1. The molecule has 0 bridgehead atoms. The number of aromatic nitrogens is 1. The van der Waals surface area contributed by atoms with Crippen molar-refractivity contribution in [2.24, 2.45) is 10.7 Å². The molecule has 1 aliphatic heterocycles. The number of primary amides is 1. The zero-order chi connectivity index (χ0) is 16.7. The van der Waals surface area contributed by atoms with Crippen LogP contribution in [0.3, 0.4) is 0 Å². The maximum atomic E-state index is 11.0. The molecule has 1 saturated heterocycles. The van der Waals surface area contributed by atoms with Crippen molar-refractivity contribution in [1.82, 2.24) is 20.5 Å². The number of halogens is 1. The minimum Gasteiger partial charge on any atom is -0.369 e. The van der Waals surface area contributed by atoms with E-state index in [0.29, 0.717) is 19.1 Å². The third kappa shape index (κ3) is 7.31. The Hall–Kier alpha value is -0.940. The Morgan fingerprint density at radius 3 is 2.75 bits per heavy atom. The number of carbonyl (C=O) groups excluding carboxylic acids is 1. The summed E-state index contributed by atoms with van der Waals surface area (Å²) in [6, 6.07) is 0.370. The quantitative estimate of drug-likeness (QED) is 0.331. The molecule has 1 aliphatic rings. The topological polar surface area (TPSA) is 95.6 Å². The van der Waals surface area contributed by atoms with Gasteiger partial charge in [-0.1, -0.05) is 0 Å². The number of nitrogens with one attached hydrogen (secondary N) is 2. The largest absolute Gasteiger partial charge is 0.369 e. The predicted molar refractivity (Wildman–Crippen MR) is 109 cm³/mol. The first kappa shape index (κ1) is 21.1. The van der Waals surface area contributed by atoms with Gasteiger partial charge in [0, 0.05) is 36.8 Å². The molecular formula is C15H27IN6OS. The standard InChI is InChI=1S/C15H26N6OS.HI/c1-3-17-15(19-9-14-18-8-11(2)23-14)20-12-4-6-21(7-5-12)10-13(16)22;/h8,12H,3-7,9-10H2,1-2H3,(H2,16,22)(H2,17,19,20);1H. The normalized spacial score (nSPS) is 16.5. The molecule has 2 heterocycles. The SMILES string of the molecule is CCNC(=NCc1ncc(C)s1)NC1CCN(CC(N)=O)CC1.I. The van der Waals surface area contributed by atoms with E-state index < -0.39 is 0 Å². The maximum Gasteiger partial charge on any atom is 0.231 e. The molecule has 1 aromatic heterocycles. The van der Waals surface area contributed by atoms with Crippen molar-refractivity contribution >= 4 is 47.2 Å². The number of hydrogen-bond donors (Lipinski definition) is 3. The van der Waals surface area contributed by atoms with Gasteiger partial charge in [-0.25, -0.2) is 9.98 Å². The third-order valence-corrected chi connectivity index (χ3v) is 4.59. The average molecular weight is 466 g/mol. The number of hydrogen-bond acceptors (Lipinski definition) is 5. The molecule has 0 spiro atoms. The van der Waals surface area contributed by atoms with Crippen molar-refractivity contribution in [3.8, 4) is 0 Å². The Bertz CT molecular complexity index is 542. The Morgan fingerprint density at radius 1 is 1.50 bits per heavy atom. The third-order valence-electron chi connectivity index (χ3n) is 3.69. The van der Waals surface area contributed by atoms with Crippen molar-refractivity contribution in [3.05, 3.63) is 16.1 Å². The number of aliphatic imine (C=N–C) groups is 1. The zero-order valence-electron chi connectivity index (χ0n) is 14.2. The van der Waals surface area contributed by atoms with E-state index in [0.717, 1.165) is 43.4 Å². The monoisotopic (exact) mass is 466 g/mol. The van der Waals surface area contributed by atoms with Crippen molar-refractivity contribution < 1.29 is 4.79 Å². The van der Waals surface area contributed by atoms with Crippen LogP contribution in [0.5, 0.6) is 0 Å². The molecule has 136 valence electrons. The summed E-state index contributed by atoms with van der Waals surface area (Å²) in [6.07, 6.45) is 3.84. The molecule has 9 heteroatoms. The highest BCUT2D eigenvalue weighted by Crippen LogP contribution is 2.12. The van der Waals surface area contributed by atoms with Crippen molar-refractivity contribution in [1.29, 1.82) is 0 Å². The van der Waals surface area contributed by atoms with Gasteiger partial charge in [0.15, 0.2) is 5.96 Å². The summed E-state index contributed by atoms with van der Waals surface area (Å²) in [5, 5.41) is 7.78. The van der Waals surface area contributed by atoms with E-state index in [4.69, 9.17) is 5.73 Å². The Morgan fingerprint density at radius 2 is 2.21 bits per heavy atom. The number of nitrogens with zero attached hydrogens (tertiary/aromatic N) is 3. The molecule has 0 atom stereocenters. The minimum atomic E-state index is -0.259. The van der Waals surface area contributed by atoms with Crippen molar-refractivity contribution in [2.75, 3.05) is 26.2 Å². The molecule has 0 radical (unpaired) electrons. The number of piperidine rings is 1. The van der Waals surface area contributed by atoms with Crippen LogP contribution in [0.1, 0.15) is 29.7 Å². The summed E-state index contributed by atoms with van der Waals surface area (Å²) >= 11 is 1.68. The lowest BCUT2D eigenvalue weighted by molar-refractivity contribution is -0.119. The number of aryl methyl sites for hydroxylation is 1. The highest BCUT2D eigenvalue weighted by molar-refractivity contribution is 14.0. The molecule has 4 N–H and O–H groups in total. The molecule has 7 nitrogen and oxygen atoms in total. The highest BCUT2D eigenvalue weighted by atomic mass is 127. The van der Waals surface area contributed by atoms with Gasteiger partial charge in [-0.2, -0.15) is 0 Å². The van der Waals surface area contributed by atoms with Gasteiger partial charge in [0.25, 0.3) is 0 Å². The van der Waals surface area contributed by atoms with Crippen molar-refractivity contribution in [2.45, 2.75) is 39.3 Å². The predicted octanol–water partition coefficient (Wildman–Crippen LogP) is 1.07. The van der Waals surface area contributed by atoms with E-state index in [1.165, 1.54) is 4.88 Å². The number of rotatable bonds is 6. The van der Waals surface area contributed by atoms with E-state index >= 15 is 0 Å². The number of likely N-dealkylation sites (tertiary alicyclic amines) is 1. The lowest BCUT2D eigenvalue weighted by atomic mass is 10.1. The molecule has 1 fully saturated rings. The van der Waals surface area contributed by atoms with Crippen LogP contribution in [0.15, 0.2) is 11.2 Å². The Labute approximate surface area is 164 Å². The van der Waals surface area contributed by atoms with E-state index in [1.54, 1.807) is 11.3 Å². The summed E-state index contributed by atoms with van der Waals surface area (Å²) < 4.78 is 0. The number of guanidine groups is 1. The fourth-order valence-corrected chi connectivity index (χ4v) is 3.30. The Balaban J connectivity index is 0.00000288. The van der Waals surface area contributed by atoms with Gasteiger partial charge in [-0.3, -0.25) is 9.69 Å². The minimum absolute atomic E-state index is 0. The van der Waals surface area contributed by atoms with Gasteiger partial charge in [-0.05, 0) is 26.7 Å². The second-order valence-corrected chi connectivity index (χ2v) is 7.04. The van der Waals surface area contributed by atoms with Crippen LogP contribution in [-0.4, -0.2) is 54.0 Å². The molecule has 0 aromatic carbocycles. The molecule has 0 saturated carbocycles. The maximum absolute atomic E-state index is 11.0. The lowest BCUT2D eigenvalue weighted by Gasteiger charge is -2.32. The molecule has 0 unspecified atom stereocenters. The fourth-order valence-electron chi connectivity index (χ4n) is 2.59. The fraction of sp³-hybridized carbons (Fsp3) is 0.667. The summed E-state index contributed by atoms with van der Waals surface area (Å²) in [5.74, 6) is 0.568. The van der Waals surface area contributed by atoms with Crippen LogP contribution >= 0.6 is 35.3 Å². The summed E-state index contributed by atoms with van der Waals surface area (Å²) in [7, 11) is 0. The van der Waals surface area contributed by atoms with Gasteiger partial charge in [0.2, 0.25) is 5.91 Å². The second kappa shape index (κ2) is 10.8. The van der Waals surface area contributed by atoms with Crippen LogP contribution in [0.25, 0.3) is 0 Å². The highest BCUT2D eigenvalue weighted by Gasteiger charge is 2.20. The molecule has 2 rings (SSSR count). The van der Waals surface area contributed by atoms with Gasteiger partial charge in [0.05, 0.1) is 13.1 Å². The van der Waals surface area contributed by atoms with E-state index in [2.05, 4.69) is 32.4 Å². The molecule has 0 aliphatic carbocycles. The van der Waals surface area contributed by atoms with Gasteiger partial charge in [-0.15, -0.1) is 35.3 Å². The lowest BCUT2D eigenvalue weighted by Crippen LogP contribution is -2.49. The molecule has 24 heavy (non-hydrogen) atoms. The first-order valence-corrected chi connectivity index (χ1v) is 8.85. The number of nitrogens with two attached hydrogens (primary N) is 1. The molecule has 1 amide bonds. The number of carbonyl (C=O) groups is 1. The molecule has 1 aromatic rings. The molecular weight excluding hydrogens is 439 g/mol. The zero-order valence-corrected chi connectivity index (χ0v) is 17.4. The average Bonchev–Trinajstić information content (AvgIpc) is 2.92. The smallest absolute Gasteiger partial charge is 0.231 e. The van der Waals surface area contributed by atoms with Gasteiger partial charge in [0.1, 0.15) is 5.01 Å². The second-order valence-electron chi connectivity index (χ2n) is 5.72. The first-order chi connectivity index (χ1) is 11.1. The summed E-state index contributed by atoms with van der Waals surface area (Å²) in [6.45, 7) is 7.63. The Kier molecular flexibility index (Phi) is 9.52. The number of amides is 1. The van der Waals surface area contributed by atoms with Crippen LogP contribution in [-0.2, 0) is 11.3 Å². The van der Waals surface area contributed by atoms with Crippen LogP contribution < -0.4 is 16.4 Å². The van der Waals surface area contributed by atoms with Crippen LogP contribution in [0.4, 0.5) is 0 Å². The van der Waals surface area contributed by atoms with Crippen LogP contribution in [0.2, 0.25) is 0 Å². The van der Waals surface area contributed by atoms with Gasteiger partial charge >= 0.3 is 0 Å². The van der Waals surface area contributed by atoms with E-state index in [-0.39, 0.29) is 29.9 Å². The van der Waals surface area contributed by atoms with Gasteiger partial charge < -0.3 is 16.4 Å². The summed E-state index contributed by atoms with van der Waals surface area (Å²) in [5.41, 5.74) is 5.24. The summed E-state index contributed by atoms with van der Waals surface area (Å²) in [4.78, 5) is 23.2. The van der Waals surface area contributed by atoms with Crippen LogP contribution in [0, 0.1) is 6.92 Å². The first-order valence-electron chi connectivity index (χ1n) is 8.03. The van der Waals surface area contributed by atoms with E-state index in [9.17, 15) is 4.79 Å².